The van der Waals surface area contributed by atoms with Gasteiger partial charge in [0.15, 0.2) is 0 Å². The maximum Gasteiger partial charge on any atom is 0.234 e. The van der Waals surface area contributed by atoms with Gasteiger partial charge >= 0.3 is 0 Å². The van der Waals surface area contributed by atoms with Gasteiger partial charge in [0.2, 0.25) is 5.91 Å². The average molecular weight is 529 g/mol. The average Bonchev–Trinajstić information content (AvgIpc) is 3.33. The molecular weight excluding hydrogens is 484 g/mol. The zero-order chi connectivity index (χ0) is 27.8. The molecule has 39 heavy (non-hydrogen) atoms. The number of carbonyl (C=O) groups excluding carboxylic acids is 1. The SMILES string of the molecule is CCCc1ccc(OC)c(CNC2C(CC(C(N)=O)N(C)C)CNC2C(c2ccccc2)c2ccccc2)c1. The molecule has 1 amide bonds. The lowest BCUT2D eigenvalue weighted by Crippen LogP contribution is -2.49. The van der Waals surface area contributed by atoms with E-state index in [0.29, 0.717) is 13.0 Å². The van der Waals surface area contributed by atoms with Crippen LogP contribution in [-0.4, -0.2) is 56.7 Å². The first-order chi connectivity index (χ1) is 18.9. The van der Waals surface area contributed by atoms with E-state index in [1.54, 1.807) is 7.11 Å². The molecule has 0 bridgehead atoms. The fraction of sp³-hybridized carbons (Fsp3) is 0.424. The first-order valence-corrected chi connectivity index (χ1v) is 14.1. The molecule has 3 aromatic rings. The van der Waals surface area contributed by atoms with Crippen molar-refractivity contribution in [3.8, 4) is 5.75 Å². The standard InChI is InChI=1S/C33H44N4O2/c1-5-12-23-17-18-29(39-4)26(19-23)21-35-31-27(20-28(33(34)38)37(2)3)22-36-32(31)30(24-13-8-6-9-14-24)25-15-10-7-11-16-25/h6-11,13-19,27-28,30-32,35-36H,5,12,20-22H2,1-4H3,(H2,34,38). The Balaban J connectivity index is 1.69. The summed E-state index contributed by atoms with van der Waals surface area (Å²) in [6, 6.07) is 27.8. The van der Waals surface area contributed by atoms with Crippen molar-refractivity contribution in [2.45, 2.75) is 56.8 Å². The summed E-state index contributed by atoms with van der Waals surface area (Å²) in [4.78, 5) is 14.3. The van der Waals surface area contributed by atoms with Gasteiger partial charge in [-0.2, -0.15) is 0 Å². The molecule has 1 fully saturated rings. The van der Waals surface area contributed by atoms with E-state index in [1.165, 1.54) is 16.7 Å². The Morgan fingerprint density at radius 1 is 1.05 bits per heavy atom. The van der Waals surface area contributed by atoms with Crippen molar-refractivity contribution < 1.29 is 9.53 Å². The highest BCUT2D eigenvalue weighted by molar-refractivity contribution is 5.79. The minimum absolute atomic E-state index is 0.108. The van der Waals surface area contributed by atoms with Crippen LogP contribution < -0.4 is 21.1 Å². The van der Waals surface area contributed by atoms with E-state index in [1.807, 2.05) is 19.0 Å². The second kappa shape index (κ2) is 13.7. The number of hydrogen-bond acceptors (Lipinski definition) is 5. The van der Waals surface area contributed by atoms with Gasteiger partial charge in [-0.1, -0.05) is 86.1 Å². The monoisotopic (exact) mass is 528 g/mol. The maximum atomic E-state index is 12.4. The molecule has 0 aliphatic carbocycles. The quantitative estimate of drug-likeness (QED) is 0.308. The van der Waals surface area contributed by atoms with E-state index in [9.17, 15) is 4.79 Å². The van der Waals surface area contributed by atoms with Crippen LogP contribution in [-0.2, 0) is 17.8 Å². The molecule has 0 saturated carbocycles. The van der Waals surface area contributed by atoms with Crippen molar-refractivity contribution in [3.05, 3.63) is 101 Å². The summed E-state index contributed by atoms with van der Waals surface area (Å²) >= 11 is 0. The van der Waals surface area contributed by atoms with Gasteiger partial charge in [0, 0.05) is 30.1 Å². The Hall–Kier alpha value is -3.19. The molecular formula is C33H44N4O2. The number of aryl methyl sites for hydroxylation is 1. The first kappa shape index (κ1) is 28.8. The number of amides is 1. The molecule has 0 spiro atoms. The maximum absolute atomic E-state index is 12.4. The number of methoxy groups -OCH3 is 1. The van der Waals surface area contributed by atoms with Gasteiger partial charge < -0.3 is 21.1 Å². The van der Waals surface area contributed by atoms with E-state index < -0.39 is 0 Å². The van der Waals surface area contributed by atoms with E-state index >= 15 is 0 Å². The Morgan fingerprint density at radius 2 is 1.69 bits per heavy atom. The number of likely N-dealkylation sites (N-methyl/N-ethyl adjacent to an activating group) is 1. The number of primary amides is 1. The Labute approximate surface area is 233 Å². The lowest BCUT2D eigenvalue weighted by molar-refractivity contribution is -0.122. The van der Waals surface area contributed by atoms with Crippen molar-refractivity contribution in [1.82, 2.24) is 15.5 Å². The summed E-state index contributed by atoms with van der Waals surface area (Å²) in [7, 11) is 5.59. The van der Waals surface area contributed by atoms with Crippen LogP contribution in [0.1, 0.15) is 47.9 Å². The summed E-state index contributed by atoms with van der Waals surface area (Å²) in [5, 5.41) is 7.80. The molecule has 0 aromatic heterocycles. The summed E-state index contributed by atoms with van der Waals surface area (Å²) in [5.41, 5.74) is 10.9. The van der Waals surface area contributed by atoms with Crippen LogP contribution >= 0.6 is 0 Å². The fourth-order valence-corrected chi connectivity index (χ4v) is 6.12. The third kappa shape index (κ3) is 7.07. The second-order valence-corrected chi connectivity index (χ2v) is 10.9. The molecule has 4 rings (SSSR count). The van der Waals surface area contributed by atoms with Crippen molar-refractivity contribution in [1.29, 1.82) is 0 Å². The normalized spacial score (nSPS) is 19.9. The molecule has 1 heterocycles. The number of ether oxygens (including phenoxy) is 1. The second-order valence-electron chi connectivity index (χ2n) is 10.9. The molecule has 1 aliphatic rings. The molecule has 4 N–H and O–H groups in total. The summed E-state index contributed by atoms with van der Waals surface area (Å²) in [5.74, 6) is 0.982. The van der Waals surface area contributed by atoms with Gasteiger partial charge in [-0.05, 0) is 62.2 Å². The molecule has 1 aliphatic heterocycles. The Morgan fingerprint density at radius 3 is 2.23 bits per heavy atom. The van der Waals surface area contributed by atoms with Crippen molar-refractivity contribution in [2.75, 3.05) is 27.7 Å². The number of nitrogens with zero attached hydrogens (tertiary/aromatic N) is 1. The third-order valence-corrected chi connectivity index (χ3v) is 8.08. The zero-order valence-corrected chi connectivity index (χ0v) is 23.8. The zero-order valence-electron chi connectivity index (χ0n) is 23.8. The molecule has 3 aromatic carbocycles. The summed E-state index contributed by atoms with van der Waals surface area (Å²) in [6.45, 7) is 3.69. The van der Waals surface area contributed by atoms with E-state index in [0.717, 1.165) is 30.7 Å². The first-order valence-electron chi connectivity index (χ1n) is 14.1. The van der Waals surface area contributed by atoms with Gasteiger partial charge in [-0.3, -0.25) is 9.69 Å². The number of nitrogens with one attached hydrogen (secondary N) is 2. The predicted octanol–water partition coefficient (Wildman–Crippen LogP) is 4.33. The van der Waals surface area contributed by atoms with E-state index in [2.05, 4.69) is 96.4 Å². The van der Waals surface area contributed by atoms with Gasteiger partial charge in [0.05, 0.1) is 13.2 Å². The van der Waals surface area contributed by atoms with Crippen LogP contribution in [0.5, 0.6) is 5.75 Å². The minimum Gasteiger partial charge on any atom is -0.496 e. The van der Waals surface area contributed by atoms with Crippen LogP contribution in [0.2, 0.25) is 0 Å². The highest BCUT2D eigenvalue weighted by Crippen LogP contribution is 2.36. The third-order valence-electron chi connectivity index (χ3n) is 8.08. The lowest BCUT2D eigenvalue weighted by atomic mass is 9.79. The molecule has 0 radical (unpaired) electrons. The number of rotatable bonds is 13. The van der Waals surface area contributed by atoms with Crippen LogP contribution in [0.25, 0.3) is 0 Å². The fourth-order valence-electron chi connectivity index (χ4n) is 6.12. The van der Waals surface area contributed by atoms with Gasteiger partial charge in [-0.15, -0.1) is 0 Å². The number of benzene rings is 3. The van der Waals surface area contributed by atoms with E-state index in [-0.39, 0.29) is 35.9 Å². The molecule has 6 nitrogen and oxygen atoms in total. The van der Waals surface area contributed by atoms with Crippen molar-refractivity contribution in [3.63, 3.8) is 0 Å². The summed E-state index contributed by atoms with van der Waals surface area (Å²) < 4.78 is 5.74. The number of nitrogens with two attached hydrogens (primary N) is 1. The molecule has 208 valence electrons. The van der Waals surface area contributed by atoms with Crippen molar-refractivity contribution in [2.24, 2.45) is 11.7 Å². The van der Waals surface area contributed by atoms with Gasteiger partial charge in [-0.25, -0.2) is 0 Å². The largest absolute Gasteiger partial charge is 0.496 e. The summed E-state index contributed by atoms with van der Waals surface area (Å²) in [6.07, 6.45) is 2.83. The molecule has 1 saturated heterocycles. The smallest absolute Gasteiger partial charge is 0.234 e. The Kier molecular flexibility index (Phi) is 10.2. The molecule has 4 unspecified atom stereocenters. The number of carbonyl (C=O) groups is 1. The highest BCUT2D eigenvalue weighted by Gasteiger charge is 2.42. The topological polar surface area (TPSA) is 79.6 Å². The minimum atomic E-state index is -0.325. The number of hydrogen-bond donors (Lipinski definition) is 3. The Bertz CT molecular complexity index is 1150. The van der Waals surface area contributed by atoms with Crippen molar-refractivity contribution >= 4 is 5.91 Å². The van der Waals surface area contributed by atoms with Crippen LogP contribution in [0.3, 0.4) is 0 Å². The predicted molar refractivity (Wildman–Crippen MR) is 159 cm³/mol. The lowest BCUT2D eigenvalue weighted by Gasteiger charge is -2.34. The van der Waals surface area contributed by atoms with Crippen LogP contribution in [0, 0.1) is 5.92 Å². The molecule has 4 atom stereocenters. The van der Waals surface area contributed by atoms with Gasteiger partial charge in [0.1, 0.15) is 5.75 Å². The van der Waals surface area contributed by atoms with E-state index in [4.69, 9.17) is 10.5 Å². The van der Waals surface area contributed by atoms with Crippen LogP contribution in [0.15, 0.2) is 78.9 Å². The highest BCUT2D eigenvalue weighted by atomic mass is 16.5. The van der Waals surface area contributed by atoms with Crippen LogP contribution in [0.4, 0.5) is 0 Å². The van der Waals surface area contributed by atoms with Gasteiger partial charge in [0.25, 0.3) is 0 Å². The molecule has 6 heteroatoms.